The van der Waals surface area contributed by atoms with Crippen LogP contribution in [0.2, 0.25) is 0 Å². The van der Waals surface area contributed by atoms with Crippen LogP contribution in [0.3, 0.4) is 0 Å². The van der Waals surface area contributed by atoms with Crippen molar-refractivity contribution >= 4 is 44.8 Å². The van der Waals surface area contributed by atoms with Gasteiger partial charge in [-0.25, -0.2) is 9.78 Å². The van der Waals surface area contributed by atoms with Crippen molar-refractivity contribution in [1.29, 1.82) is 0 Å². The van der Waals surface area contributed by atoms with Crippen LogP contribution in [0, 0.1) is 0 Å². The van der Waals surface area contributed by atoms with Gasteiger partial charge in [0.1, 0.15) is 5.01 Å². The van der Waals surface area contributed by atoms with Crippen LogP contribution in [-0.2, 0) is 17.8 Å². The predicted octanol–water partition coefficient (Wildman–Crippen LogP) is 2.86. The smallest absolute Gasteiger partial charge is 0.321 e. The molecule has 3 aromatic rings. The second-order valence-electron chi connectivity index (χ2n) is 5.88. The van der Waals surface area contributed by atoms with Gasteiger partial charge in [0.25, 0.3) is 0 Å². The van der Waals surface area contributed by atoms with Gasteiger partial charge < -0.3 is 5.32 Å². The number of thiophene rings is 1. The highest BCUT2D eigenvalue weighted by Gasteiger charge is 2.12. The number of aromatic nitrogens is 1. The van der Waals surface area contributed by atoms with Crippen molar-refractivity contribution < 1.29 is 9.59 Å². The summed E-state index contributed by atoms with van der Waals surface area (Å²) in [6.07, 6.45) is 0.761. The summed E-state index contributed by atoms with van der Waals surface area (Å²) in [5.41, 5.74) is 0.968. The van der Waals surface area contributed by atoms with Crippen molar-refractivity contribution in [3.05, 3.63) is 51.7 Å². The number of nitrogens with one attached hydrogen (secondary N) is 2. The number of thiazole rings is 1. The molecule has 0 spiro atoms. The first-order valence-electron chi connectivity index (χ1n) is 8.23. The fourth-order valence-corrected chi connectivity index (χ4v) is 4.24. The molecule has 1 aromatic carbocycles. The highest BCUT2D eigenvalue weighted by Crippen LogP contribution is 2.22. The van der Waals surface area contributed by atoms with E-state index in [4.69, 9.17) is 0 Å². The Hall–Kier alpha value is -2.29. The fourth-order valence-electron chi connectivity index (χ4n) is 2.48. The second kappa shape index (κ2) is 8.88. The molecule has 8 heteroatoms. The molecule has 2 aromatic heterocycles. The van der Waals surface area contributed by atoms with Gasteiger partial charge in [-0.2, -0.15) is 0 Å². The molecule has 0 saturated heterocycles. The molecule has 136 valence electrons. The minimum absolute atomic E-state index is 0.133. The van der Waals surface area contributed by atoms with Crippen LogP contribution >= 0.6 is 22.7 Å². The van der Waals surface area contributed by atoms with E-state index < -0.39 is 6.03 Å². The van der Waals surface area contributed by atoms with E-state index in [0.29, 0.717) is 13.1 Å². The average Bonchev–Trinajstić information content (AvgIpc) is 3.23. The van der Waals surface area contributed by atoms with Crippen molar-refractivity contribution in [1.82, 2.24) is 20.5 Å². The van der Waals surface area contributed by atoms with Gasteiger partial charge >= 0.3 is 6.03 Å². The lowest BCUT2D eigenvalue weighted by Crippen LogP contribution is -2.44. The summed E-state index contributed by atoms with van der Waals surface area (Å²) in [6, 6.07) is 11.5. The molecule has 0 atom stereocenters. The Morgan fingerprint density at radius 2 is 2.04 bits per heavy atom. The summed E-state index contributed by atoms with van der Waals surface area (Å²) in [6.45, 7) is 1.20. The number of hydrogen-bond acceptors (Lipinski definition) is 6. The van der Waals surface area contributed by atoms with E-state index in [1.54, 1.807) is 22.7 Å². The van der Waals surface area contributed by atoms with Crippen LogP contribution < -0.4 is 10.6 Å². The summed E-state index contributed by atoms with van der Waals surface area (Å²) in [7, 11) is 1.83. The number of carbonyl (C=O) groups excluding carboxylic acids is 2. The average molecular weight is 389 g/mol. The molecule has 0 aliphatic heterocycles. The molecule has 2 N–H and O–H groups in total. The van der Waals surface area contributed by atoms with Gasteiger partial charge in [-0.1, -0.05) is 18.2 Å². The Kier molecular flexibility index (Phi) is 6.32. The molecule has 6 nitrogen and oxygen atoms in total. The number of amides is 3. The van der Waals surface area contributed by atoms with Crippen LogP contribution in [0.5, 0.6) is 0 Å². The van der Waals surface area contributed by atoms with Crippen LogP contribution in [0.15, 0.2) is 41.8 Å². The number of hydrogen-bond donors (Lipinski definition) is 2. The van der Waals surface area contributed by atoms with Gasteiger partial charge in [-0.05, 0) is 37.0 Å². The van der Waals surface area contributed by atoms with Gasteiger partial charge in [0, 0.05) is 11.4 Å². The Morgan fingerprint density at radius 1 is 1.19 bits per heavy atom. The molecular weight excluding hydrogens is 368 g/mol. The Labute approximate surface area is 159 Å². The SMILES string of the molecule is CN(CC(=O)NC(=O)NCCc1cccs1)Cc1nc2ccccc2s1. The number of carbonyl (C=O) groups is 2. The normalized spacial score (nSPS) is 11.0. The quantitative estimate of drug-likeness (QED) is 0.653. The molecule has 0 aliphatic carbocycles. The Bertz CT molecular complexity index is 843. The zero-order valence-corrected chi connectivity index (χ0v) is 16.0. The number of para-hydroxylation sites is 1. The topological polar surface area (TPSA) is 74.3 Å². The third-order valence-corrected chi connectivity index (χ3v) is 5.60. The minimum atomic E-state index is -0.458. The molecule has 0 aliphatic rings. The number of nitrogens with zero attached hydrogens (tertiary/aromatic N) is 2. The number of rotatable bonds is 7. The van der Waals surface area contributed by atoms with E-state index in [9.17, 15) is 9.59 Å². The monoisotopic (exact) mass is 388 g/mol. The van der Waals surface area contributed by atoms with Gasteiger partial charge in [-0.15, -0.1) is 22.7 Å². The van der Waals surface area contributed by atoms with Gasteiger partial charge in [0.15, 0.2) is 0 Å². The molecule has 26 heavy (non-hydrogen) atoms. The molecule has 0 unspecified atom stereocenters. The maximum absolute atomic E-state index is 12.0. The van der Waals surface area contributed by atoms with Crippen LogP contribution in [0.4, 0.5) is 4.79 Å². The van der Waals surface area contributed by atoms with Gasteiger partial charge in [0.2, 0.25) is 5.91 Å². The molecule has 3 rings (SSSR count). The van der Waals surface area contributed by atoms with Crippen LogP contribution in [-0.4, -0.2) is 42.0 Å². The zero-order chi connectivity index (χ0) is 18.4. The van der Waals surface area contributed by atoms with Crippen LogP contribution in [0.25, 0.3) is 10.2 Å². The Balaban J connectivity index is 1.39. The Morgan fingerprint density at radius 3 is 2.81 bits per heavy atom. The summed E-state index contributed by atoms with van der Waals surface area (Å²) in [4.78, 5) is 31.4. The largest absolute Gasteiger partial charge is 0.337 e. The third-order valence-electron chi connectivity index (χ3n) is 3.65. The maximum atomic E-state index is 12.0. The number of fused-ring (bicyclic) bond motifs is 1. The first-order chi connectivity index (χ1) is 12.6. The van der Waals surface area contributed by atoms with Gasteiger partial charge in [0.05, 0.1) is 23.3 Å². The lowest BCUT2D eigenvalue weighted by molar-refractivity contribution is -0.120. The molecule has 0 radical (unpaired) electrons. The van der Waals surface area contributed by atoms with E-state index in [-0.39, 0.29) is 12.5 Å². The highest BCUT2D eigenvalue weighted by atomic mass is 32.1. The zero-order valence-electron chi connectivity index (χ0n) is 14.4. The summed E-state index contributed by atoms with van der Waals surface area (Å²) in [5.74, 6) is -0.331. The summed E-state index contributed by atoms with van der Waals surface area (Å²) < 4.78 is 1.13. The van der Waals surface area contributed by atoms with E-state index >= 15 is 0 Å². The van der Waals surface area contributed by atoms with Crippen molar-refractivity contribution in [2.75, 3.05) is 20.1 Å². The van der Waals surface area contributed by atoms with Crippen molar-refractivity contribution in [3.8, 4) is 0 Å². The molecular formula is C18H20N4O2S2. The highest BCUT2D eigenvalue weighted by molar-refractivity contribution is 7.18. The van der Waals surface area contributed by atoms with E-state index in [1.807, 2.05) is 53.7 Å². The lowest BCUT2D eigenvalue weighted by Gasteiger charge is -2.14. The number of imide groups is 1. The minimum Gasteiger partial charge on any atom is -0.337 e. The number of likely N-dealkylation sites (N-methyl/N-ethyl adjacent to an activating group) is 1. The summed E-state index contributed by atoms with van der Waals surface area (Å²) >= 11 is 3.26. The van der Waals surface area contributed by atoms with Crippen molar-refractivity contribution in [3.63, 3.8) is 0 Å². The first-order valence-corrected chi connectivity index (χ1v) is 9.93. The lowest BCUT2D eigenvalue weighted by atomic mass is 10.3. The second-order valence-corrected chi connectivity index (χ2v) is 8.03. The summed E-state index contributed by atoms with van der Waals surface area (Å²) in [5, 5.41) is 8.00. The standard InChI is InChI=1S/C18H20N4O2S2/c1-22(12-17-20-14-6-2-3-7-15(14)26-17)11-16(23)21-18(24)19-9-8-13-5-4-10-25-13/h2-7,10H,8-9,11-12H2,1H3,(H2,19,21,23,24). The van der Waals surface area contributed by atoms with Crippen LogP contribution in [0.1, 0.15) is 9.88 Å². The van der Waals surface area contributed by atoms with E-state index in [0.717, 1.165) is 21.6 Å². The third kappa shape index (κ3) is 5.35. The molecule has 0 saturated carbocycles. The van der Waals surface area contributed by atoms with Crippen molar-refractivity contribution in [2.24, 2.45) is 0 Å². The van der Waals surface area contributed by atoms with E-state index in [2.05, 4.69) is 15.6 Å². The molecule has 0 bridgehead atoms. The van der Waals surface area contributed by atoms with Gasteiger partial charge in [-0.3, -0.25) is 15.0 Å². The molecule has 2 heterocycles. The van der Waals surface area contributed by atoms with E-state index in [1.165, 1.54) is 4.88 Å². The maximum Gasteiger partial charge on any atom is 0.321 e. The predicted molar refractivity (Wildman–Crippen MR) is 106 cm³/mol. The number of benzene rings is 1. The fraction of sp³-hybridized carbons (Fsp3) is 0.278. The first kappa shape index (κ1) is 18.5. The van der Waals surface area contributed by atoms with Crippen molar-refractivity contribution in [2.45, 2.75) is 13.0 Å². The molecule has 3 amide bonds. The number of urea groups is 1. The molecule has 0 fully saturated rings.